The Hall–Kier alpha value is -0.570. The van der Waals surface area contributed by atoms with Crippen molar-refractivity contribution < 1.29 is 4.79 Å². The molecule has 0 atom stereocenters. The van der Waals surface area contributed by atoms with Crippen LogP contribution in [0.2, 0.25) is 0 Å². The number of hydrogen-bond donors (Lipinski definition) is 1. The van der Waals surface area contributed by atoms with Crippen molar-refractivity contribution in [3.05, 3.63) is 0 Å². The van der Waals surface area contributed by atoms with Crippen molar-refractivity contribution in [3.8, 4) is 0 Å². The number of nitrogens with one attached hydrogen (secondary N) is 1. The maximum absolute atomic E-state index is 12.3. The van der Waals surface area contributed by atoms with Crippen LogP contribution in [-0.2, 0) is 4.79 Å². The number of hydrogen-bond acceptors (Lipinski definition) is 2. The summed E-state index contributed by atoms with van der Waals surface area (Å²) < 4.78 is 0. The van der Waals surface area contributed by atoms with Crippen molar-refractivity contribution in [2.75, 3.05) is 19.6 Å². The van der Waals surface area contributed by atoms with E-state index in [1.165, 1.54) is 25.7 Å². The second-order valence-corrected chi connectivity index (χ2v) is 6.22. The molecule has 2 aliphatic rings. The van der Waals surface area contributed by atoms with Crippen LogP contribution in [0.5, 0.6) is 0 Å². The van der Waals surface area contributed by atoms with E-state index in [4.69, 9.17) is 0 Å². The molecule has 3 heteroatoms. The van der Waals surface area contributed by atoms with E-state index in [1.807, 2.05) is 0 Å². The summed E-state index contributed by atoms with van der Waals surface area (Å²) in [5.74, 6) is 1.19. The van der Waals surface area contributed by atoms with Gasteiger partial charge in [-0.25, -0.2) is 0 Å². The number of carbonyl (C=O) groups is 1. The van der Waals surface area contributed by atoms with Gasteiger partial charge in [0.25, 0.3) is 0 Å². The number of piperazine rings is 1. The van der Waals surface area contributed by atoms with Crippen LogP contribution < -0.4 is 5.32 Å². The second-order valence-electron chi connectivity index (χ2n) is 6.22. The number of nitrogens with zero attached hydrogens (tertiary/aromatic N) is 1. The summed E-state index contributed by atoms with van der Waals surface area (Å²) in [5, 5.41) is 3.36. The Morgan fingerprint density at radius 1 is 1.35 bits per heavy atom. The lowest BCUT2D eigenvalue weighted by atomic mass is 9.97. The highest BCUT2D eigenvalue weighted by atomic mass is 16.2. The van der Waals surface area contributed by atoms with Gasteiger partial charge in [0.15, 0.2) is 0 Å². The molecule has 0 spiro atoms. The van der Waals surface area contributed by atoms with Gasteiger partial charge in [0.1, 0.15) is 0 Å². The van der Waals surface area contributed by atoms with Gasteiger partial charge in [-0.1, -0.05) is 25.7 Å². The Morgan fingerprint density at radius 2 is 2.06 bits per heavy atom. The van der Waals surface area contributed by atoms with Crippen molar-refractivity contribution in [1.29, 1.82) is 0 Å². The average molecular weight is 238 g/mol. The minimum Gasteiger partial charge on any atom is -0.335 e. The molecule has 1 amide bonds. The fraction of sp³-hybridized carbons (Fsp3) is 0.929. The van der Waals surface area contributed by atoms with E-state index >= 15 is 0 Å². The molecule has 98 valence electrons. The van der Waals surface area contributed by atoms with Gasteiger partial charge in [0, 0.05) is 31.6 Å². The molecule has 0 radical (unpaired) electrons. The number of amides is 1. The zero-order valence-corrected chi connectivity index (χ0v) is 11.3. The van der Waals surface area contributed by atoms with Crippen LogP contribution in [0.25, 0.3) is 0 Å². The summed E-state index contributed by atoms with van der Waals surface area (Å²) in [6.07, 6.45) is 7.30. The third-order valence-corrected chi connectivity index (χ3v) is 4.34. The SMILES string of the molecule is CC1(C)CNCCN1C(=O)CCC1CCCC1. The van der Waals surface area contributed by atoms with Gasteiger partial charge >= 0.3 is 0 Å². The standard InChI is InChI=1S/C14H26N2O/c1-14(2)11-15-9-10-16(14)13(17)8-7-12-5-3-4-6-12/h12,15H,3-11H2,1-2H3. The van der Waals surface area contributed by atoms with E-state index in [2.05, 4.69) is 24.1 Å². The molecule has 0 bridgehead atoms. The lowest BCUT2D eigenvalue weighted by Gasteiger charge is -2.43. The average Bonchev–Trinajstić information content (AvgIpc) is 2.78. The Bertz CT molecular complexity index is 269. The highest BCUT2D eigenvalue weighted by Crippen LogP contribution is 2.29. The third-order valence-electron chi connectivity index (χ3n) is 4.34. The zero-order chi connectivity index (χ0) is 12.3. The molecule has 1 N–H and O–H groups in total. The predicted molar refractivity (Wildman–Crippen MR) is 69.9 cm³/mol. The summed E-state index contributed by atoms with van der Waals surface area (Å²) in [4.78, 5) is 14.4. The van der Waals surface area contributed by atoms with Gasteiger partial charge < -0.3 is 10.2 Å². The zero-order valence-electron chi connectivity index (χ0n) is 11.3. The first-order valence-electron chi connectivity index (χ1n) is 7.11. The normalized spacial score (nSPS) is 25.2. The Balaban J connectivity index is 1.81. The van der Waals surface area contributed by atoms with E-state index in [-0.39, 0.29) is 5.54 Å². The van der Waals surface area contributed by atoms with Crippen molar-refractivity contribution in [3.63, 3.8) is 0 Å². The fourth-order valence-corrected chi connectivity index (χ4v) is 3.21. The number of rotatable bonds is 3. The van der Waals surface area contributed by atoms with Gasteiger partial charge in [0.2, 0.25) is 5.91 Å². The topological polar surface area (TPSA) is 32.3 Å². The molecule has 1 aliphatic carbocycles. The molecular weight excluding hydrogens is 212 g/mol. The van der Waals surface area contributed by atoms with E-state index in [9.17, 15) is 4.79 Å². The fourth-order valence-electron chi connectivity index (χ4n) is 3.21. The highest BCUT2D eigenvalue weighted by Gasteiger charge is 2.33. The molecule has 3 nitrogen and oxygen atoms in total. The quantitative estimate of drug-likeness (QED) is 0.817. The Labute approximate surface area is 105 Å². The molecule has 1 heterocycles. The van der Waals surface area contributed by atoms with Crippen molar-refractivity contribution in [2.45, 2.75) is 57.9 Å². The largest absolute Gasteiger partial charge is 0.335 e. The van der Waals surface area contributed by atoms with E-state index in [0.29, 0.717) is 5.91 Å². The Morgan fingerprint density at radius 3 is 2.71 bits per heavy atom. The van der Waals surface area contributed by atoms with Crippen LogP contribution in [0.15, 0.2) is 0 Å². The van der Waals surface area contributed by atoms with Crippen LogP contribution in [0.4, 0.5) is 0 Å². The first-order chi connectivity index (χ1) is 8.09. The van der Waals surface area contributed by atoms with E-state index in [0.717, 1.165) is 38.4 Å². The van der Waals surface area contributed by atoms with E-state index < -0.39 is 0 Å². The molecule has 2 fully saturated rings. The van der Waals surface area contributed by atoms with Crippen molar-refractivity contribution >= 4 is 5.91 Å². The smallest absolute Gasteiger partial charge is 0.223 e. The molecule has 1 saturated heterocycles. The lowest BCUT2D eigenvalue weighted by molar-refractivity contribution is -0.138. The van der Waals surface area contributed by atoms with Crippen LogP contribution in [0.3, 0.4) is 0 Å². The molecule has 0 aromatic rings. The predicted octanol–water partition coefficient (Wildman–Crippen LogP) is 2.17. The summed E-state index contributed by atoms with van der Waals surface area (Å²) in [7, 11) is 0. The Kier molecular flexibility index (Phi) is 4.08. The molecule has 0 aromatic carbocycles. The van der Waals surface area contributed by atoms with Crippen molar-refractivity contribution in [2.24, 2.45) is 5.92 Å². The summed E-state index contributed by atoms with van der Waals surface area (Å²) in [5.41, 5.74) is -0.00892. The van der Waals surface area contributed by atoms with Crippen LogP contribution in [-0.4, -0.2) is 36.0 Å². The lowest BCUT2D eigenvalue weighted by Crippen LogP contribution is -2.59. The first-order valence-corrected chi connectivity index (χ1v) is 7.11. The van der Waals surface area contributed by atoms with Gasteiger partial charge in [-0.05, 0) is 26.2 Å². The van der Waals surface area contributed by atoms with E-state index in [1.54, 1.807) is 0 Å². The minimum absolute atomic E-state index is 0.00892. The molecule has 0 aromatic heterocycles. The second kappa shape index (κ2) is 5.38. The van der Waals surface area contributed by atoms with Crippen LogP contribution >= 0.6 is 0 Å². The highest BCUT2D eigenvalue weighted by molar-refractivity contribution is 5.77. The molecule has 2 rings (SSSR count). The maximum Gasteiger partial charge on any atom is 0.223 e. The van der Waals surface area contributed by atoms with Gasteiger partial charge in [-0.3, -0.25) is 4.79 Å². The molecule has 1 saturated carbocycles. The van der Waals surface area contributed by atoms with Crippen molar-refractivity contribution in [1.82, 2.24) is 10.2 Å². The monoisotopic (exact) mass is 238 g/mol. The molecule has 17 heavy (non-hydrogen) atoms. The van der Waals surface area contributed by atoms with Crippen LogP contribution in [0, 0.1) is 5.92 Å². The van der Waals surface area contributed by atoms with Gasteiger partial charge in [-0.2, -0.15) is 0 Å². The molecule has 0 unspecified atom stereocenters. The number of carbonyl (C=O) groups excluding carboxylic acids is 1. The third kappa shape index (κ3) is 3.21. The maximum atomic E-state index is 12.3. The first kappa shape index (κ1) is 12.9. The van der Waals surface area contributed by atoms with Crippen LogP contribution in [0.1, 0.15) is 52.4 Å². The summed E-state index contributed by atoms with van der Waals surface area (Å²) >= 11 is 0. The van der Waals surface area contributed by atoms with Gasteiger partial charge in [0.05, 0.1) is 0 Å². The van der Waals surface area contributed by atoms with Gasteiger partial charge in [-0.15, -0.1) is 0 Å². The summed E-state index contributed by atoms with van der Waals surface area (Å²) in [6.45, 7) is 7.05. The molecular formula is C14H26N2O. The molecule has 1 aliphatic heterocycles. The summed E-state index contributed by atoms with van der Waals surface area (Å²) in [6, 6.07) is 0. The minimum atomic E-state index is -0.00892.